The largest absolute Gasteiger partial charge is 0.488 e. The number of nitrogens with zero attached hydrogens (tertiary/aromatic N) is 1. The molecule has 1 atom stereocenters. The highest BCUT2D eigenvalue weighted by molar-refractivity contribution is 9.10. The van der Waals surface area contributed by atoms with Crippen molar-refractivity contribution in [2.45, 2.75) is 32.9 Å². The lowest BCUT2D eigenvalue weighted by Gasteiger charge is -2.18. The van der Waals surface area contributed by atoms with Crippen molar-refractivity contribution < 1.29 is 4.74 Å². The Balaban J connectivity index is 2.10. The van der Waals surface area contributed by atoms with Crippen molar-refractivity contribution in [3.8, 4) is 5.75 Å². The van der Waals surface area contributed by atoms with Gasteiger partial charge in [0.25, 0.3) is 0 Å². The first-order chi connectivity index (χ1) is 9.70. The van der Waals surface area contributed by atoms with Gasteiger partial charge in [0.15, 0.2) is 0 Å². The Morgan fingerprint density at radius 3 is 3.00 bits per heavy atom. The summed E-state index contributed by atoms with van der Waals surface area (Å²) in [5, 5.41) is 3.50. The predicted molar refractivity (Wildman–Crippen MR) is 87.3 cm³/mol. The number of hydrogen-bond acceptors (Lipinski definition) is 4. The van der Waals surface area contributed by atoms with Crippen molar-refractivity contribution in [3.63, 3.8) is 0 Å². The Kier molecular flexibility index (Phi) is 6.01. The van der Waals surface area contributed by atoms with E-state index >= 15 is 0 Å². The molecule has 0 amide bonds. The summed E-state index contributed by atoms with van der Waals surface area (Å²) in [5.74, 6) is 0.928. The SMILES string of the molecule is CCCNC(C)c1cc(Br)ccc1OCc1cncs1. The number of rotatable bonds is 7. The third-order valence-corrected chi connectivity index (χ3v) is 4.24. The molecule has 0 aliphatic heterocycles. The van der Waals surface area contributed by atoms with Crippen molar-refractivity contribution in [2.75, 3.05) is 6.54 Å². The maximum atomic E-state index is 5.95. The summed E-state index contributed by atoms with van der Waals surface area (Å²) < 4.78 is 7.02. The Labute approximate surface area is 132 Å². The second-order valence-corrected chi connectivity index (χ2v) is 6.50. The van der Waals surface area contributed by atoms with E-state index in [1.165, 1.54) is 5.56 Å². The van der Waals surface area contributed by atoms with Gasteiger partial charge in [0.1, 0.15) is 12.4 Å². The zero-order valence-electron chi connectivity index (χ0n) is 11.7. The Morgan fingerprint density at radius 2 is 2.30 bits per heavy atom. The molecule has 0 fully saturated rings. The van der Waals surface area contributed by atoms with Crippen LogP contribution in [0.2, 0.25) is 0 Å². The van der Waals surface area contributed by atoms with Gasteiger partial charge in [0, 0.05) is 22.3 Å². The lowest BCUT2D eigenvalue weighted by atomic mass is 10.1. The van der Waals surface area contributed by atoms with Crippen LogP contribution in [0.1, 0.15) is 36.8 Å². The van der Waals surface area contributed by atoms with Crippen LogP contribution < -0.4 is 10.1 Å². The van der Waals surface area contributed by atoms with Gasteiger partial charge in [-0.25, -0.2) is 0 Å². The average molecular weight is 355 g/mol. The lowest BCUT2D eigenvalue weighted by molar-refractivity contribution is 0.303. The van der Waals surface area contributed by atoms with E-state index in [-0.39, 0.29) is 6.04 Å². The number of halogens is 1. The molecular weight excluding hydrogens is 336 g/mol. The van der Waals surface area contributed by atoms with E-state index in [1.807, 2.05) is 23.8 Å². The zero-order valence-corrected chi connectivity index (χ0v) is 14.1. The fraction of sp³-hybridized carbons (Fsp3) is 0.400. The third-order valence-electron chi connectivity index (χ3n) is 2.99. The van der Waals surface area contributed by atoms with Crippen LogP contribution in [0, 0.1) is 0 Å². The fourth-order valence-corrected chi connectivity index (χ4v) is 2.81. The standard InChI is InChI=1S/C15H19BrN2OS/c1-3-6-18-11(2)14-7-12(16)4-5-15(14)19-9-13-8-17-10-20-13/h4-5,7-8,10-11,18H,3,6,9H2,1-2H3. The Bertz CT molecular complexity index is 531. The zero-order chi connectivity index (χ0) is 14.4. The van der Waals surface area contributed by atoms with E-state index in [4.69, 9.17) is 4.74 Å². The minimum Gasteiger partial charge on any atom is -0.488 e. The molecule has 3 nitrogen and oxygen atoms in total. The molecule has 0 radical (unpaired) electrons. The monoisotopic (exact) mass is 354 g/mol. The van der Waals surface area contributed by atoms with Crippen LogP contribution in [0.15, 0.2) is 34.4 Å². The minimum atomic E-state index is 0.268. The summed E-state index contributed by atoms with van der Waals surface area (Å²) >= 11 is 5.14. The highest BCUT2D eigenvalue weighted by Gasteiger charge is 2.12. The Morgan fingerprint density at radius 1 is 1.45 bits per heavy atom. The first kappa shape index (κ1) is 15.5. The van der Waals surface area contributed by atoms with Crippen molar-refractivity contribution in [3.05, 3.63) is 44.8 Å². The van der Waals surface area contributed by atoms with Crippen LogP contribution in [-0.2, 0) is 6.61 Å². The van der Waals surface area contributed by atoms with Gasteiger partial charge < -0.3 is 10.1 Å². The van der Waals surface area contributed by atoms with Gasteiger partial charge in [-0.2, -0.15) is 0 Å². The molecule has 1 unspecified atom stereocenters. The summed E-state index contributed by atoms with van der Waals surface area (Å²) in [6.07, 6.45) is 2.97. The van der Waals surface area contributed by atoms with Crippen LogP contribution in [0.3, 0.4) is 0 Å². The number of aromatic nitrogens is 1. The molecular formula is C15H19BrN2OS. The van der Waals surface area contributed by atoms with Crippen molar-refractivity contribution in [2.24, 2.45) is 0 Å². The summed E-state index contributed by atoms with van der Waals surface area (Å²) in [4.78, 5) is 5.20. The lowest BCUT2D eigenvalue weighted by Crippen LogP contribution is -2.20. The van der Waals surface area contributed by atoms with Crippen LogP contribution in [-0.4, -0.2) is 11.5 Å². The van der Waals surface area contributed by atoms with Crippen molar-refractivity contribution in [1.82, 2.24) is 10.3 Å². The van der Waals surface area contributed by atoms with Crippen LogP contribution in [0.4, 0.5) is 0 Å². The number of thiazole rings is 1. The molecule has 0 aliphatic rings. The molecule has 0 aliphatic carbocycles. The van der Waals surface area contributed by atoms with E-state index in [0.717, 1.165) is 28.1 Å². The topological polar surface area (TPSA) is 34.1 Å². The Hall–Kier alpha value is -0.910. The summed E-state index contributed by atoms with van der Waals surface area (Å²) in [5.41, 5.74) is 3.00. The molecule has 1 aromatic heterocycles. The molecule has 2 rings (SSSR count). The van der Waals surface area contributed by atoms with Crippen molar-refractivity contribution in [1.29, 1.82) is 0 Å². The molecule has 2 aromatic rings. The van der Waals surface area contributed by atoms with Gasteiger partial charge in [-0.3, -0.25) is 4.98 Å². The average Bonchev–Trinajstić information content (AvgIpc) is 2.96. The van der Waals surface area contributed by atoms with E-state index in [0.29, 0.717) is 6.61 Å². The fourth-order valence-electron chi connectivity index (χ4n) is 1.92. The summed E-state index contributed by atoms with van der Waals surface area (Å²) in [7, 11) is 0. The first-order valence-corrected chi connectivity index (χ1v) is 8.41. The van der Waals surface area contributed by atoms with Gasteiger partial charge in [-0.05, 0) is 38.1 Å². The maximum absolute atomic E-state index is 5.95. The van der Waals surface area contributed by atoms with E-state index in [1.54, 1.807) is 11.3 Å². The molecule has 108 valence electrons. The van der Waals surface area contributed by atoms with Gasteiger partial charge in [-0.15, -0.1) is 11.3 Å². The maximum Gasteiger partial charge on any atom is 0.124 e. The van der Waals surface area contributed by atoms with Crippen LogP contribution in [0.25, 0.3) is 0 Å². The van der Waals surface area contributed by atoms with Gasteiger partial charge >= 0.3 is 0 Å². The number of ether oxygens (including phenoxy) is 1. The second-order valence-electron chi connectivity index (χ2n) is 4.61. The summed E-state index contributed by atoms with van der Waals surface area (Å²) in [6, 6.07) is 6.42. The van der Waals surface area contributed by atoms with Gasteiger partial charge in [0.05, 0.1) is 10.4 Å². The van der Waals surface area contributed by atoms with E-state index in [2.05, 4.69) is 46.1 Å². The van der Waals surface area contributed by atoms with Crippen LogP contribution >= 0.6 is 27.3 Å². The molecule has 1 N–H and O–H groups in total. The first-order valence-electron chi connectivity index (χ1n) is 6.73. The molecule has 5 heteroatoms. The summed E-state index contributed by atoms with van der Waals surface area (Å²) in [6.45, 7) is 5.90. The number of benzene rings is 1. The third kappa shape index (κ3) is 4.30. The number of nitrogens with one attached hydrogen (secondary N) is 1. The van der Waals surface area contributed by atoms with Gasteiger partial charge in [0.2, 0.25) is 0 Å². The van der Waals surface area contributed by atoms with E-state index < -0.39 is 0 Å². The number of hydrogen-bond donors (Lipinski definition) is 1. The van der Waals surface area contributed by atoms with Crippen LogP contribution in [0.5, 0.6) is 5.75 Å². The molecule has 1 heterocycles. The molecule has 1 aromatic carbocycles. The predicted octanol–water partition coefficient (Wildman–Crippen LogP) is 4.55. The molecule has 0 spiro atoms. The molecule has 20 heavy (non-hydrogen) atoms. The van der Waals surface area contributed by atoms with E-state index in [9.17, 15) is 0 Å². The smallest absolute Gasteiger partial charge is 0.124 e. The van der Waals surface area contributed by atoms with Gasteiger partial charge in [-0.1, -0.05) is 22.9 Å². The second kappa shape index (κ2) is 7.76. The molecule has 0 bridgehead atoms. The molecule has 0 saturated carbocycles. The highest BCUT2D eigenvalue weighted by atomic mass is 79.9. The quantitative estimate of drug-likeness (QED) is 0.792. The highest BCUT2D eigenvalue weighted by Crippen LogP contribution is 2.29. The normalized spacial score (nSPS) is 12.3. The molecule has 0 saturated heterocycles. The minimum absolute atomic E-state index is 0.268. The van der Waals surface area contributed by atoms with Crippen molar-refractivity contribution >= 4 is 27.3 Å².